The molecule has 2 amide bonds. The van der Waals surface area contributed by atoms with Gasteiger partial charge in [-0.2, -0.15) is 0 Å². The molecular weight excluding hydrogens is 354 g/mol. The Morgan fingerprint density at radius 1 is 1.18 bits per heavy atom. The van der Waals surface area contributed by atoms with Gasteiger partial charge in [0.05, 0.1) is 13.2 Å². The van der Waals surface area contributed by atoms with E-state index >= 15 is 0 Å². The molecule has 6 heteroatoms. The Kier molecular flexibility index (Phi) is 6.31. The molecule has 1 heterocycles. The molecule has 1 fully saturated rings. The average Bonchev–Trinajstić information content (AvgIpc) is 3.14. The number of amides is 2. The molecule has 1 aliphatic heterocycles. The summed E-state index contributed by atoms with van der Waals surface area (Å²) in [4.78, 5) is 28.3. The molecule has 28 heavy (non-hydrogen) atoms. The molecule has 1 atom stereocenters. The van der Waals surface area contributed by atoms with Crippen LogP contribution < -0.4 is 15.0 Å². The van der Waals surface area contributed by atoms with Crippen LogP contribution in [0.5, 0.6) is 5.75 Å². The number of hydrogen-bond donors (Lipinski definition) is 1. The number of carbonyl (C=O) groups is 2. The first kappa shape index (κ1) is 19.9. The minimum atomic E-state index is -0.138. The van der Waals surface area contributed by atoms with Crippen LogP contribution in [0.3, 0.4) is 0 Å². The number of hydrogen-bond acceptors (Lipinski definition) is 4. The zero-order valence-electron chi connectivity index (χ0n) is 16.6. The second kappa shape index (κ2) is 8.89. The Hall–Kier alpha value is -2.86. The van der Waals surface area contributed by atoms with Crippen molar-refractivity contribution in [3.8, 4) is 5.75 Å². The number of rotatable bonds is 7. The van der Waals surface area contributed by atoms with Gasteiger partial charge < -0.3 is 19.9 Å². The van der Waals surface area contributed by atoms with Crippen LogP contribution in [0.2, 0.25) is 0 Å². The first-order chi connectivity index (χ1) is 13.5. The number of methoxy groups -OCH3 is 1. The lowest BCUT2D eigenvalue weighted by Crippen LogP contribution is -2.34. The summed E-state index contributed by atoms with van der Waals surface area (Å²) >= 11 is 0. The van der Waals surface area contributed by atoms with E-state index in [9.17, 15) is 9.59 Å². The van der Waals surface area contributed by atoms with E-state index in [-0.39, 0.29) is 17.9 Å². The number of para-hydroxylation sites is 1. The van der Waals surface area contributed by atoms with E-state index in [1.165, 1.54) is 0 Å². The van der Waals surface area contributed by atoms with Crippen LogP contribution in [0.25, 0.3) is 0 Å². The van der Waals surface area contributed by atoms with Gasteiger partial charge in [-0.25, -0.2) is 0 Å². The van der Waals surface area contributed by atoms with Crippen molar-refractivity contribution in [3.05, 3.63) is 59.7 Å². The molecule has 0 bridgehead atoms. The van der Waals surface area contributed by atoms with Crippen molar-refractivity contribution in [2.75, 3.05) is 39.2 Å². The van der Waals surface area contributed by atoms with Crippen molar-refractivity contribution in [1.82, 2.24) is 10.2 Å². The van der Waals surface area contributed by atoms with Crippen LogP contribution in [-0.4, -0.2) is 51.0 Å². The van der Waals surface area contributed by atoms with Crippen LogP contribution in [0.15, 0.2) is 48.5 Å². The predicted octanol–water partition coefficient (Wildman–Crippen LogP) is 2.85. The van der Waals surface area contributed by atoms with Gasteiger partial charge in [-0.3, -0.25) is 9.59 Å². The minimum absolute atomic E-state index is 0.0124. The second-order valence-electron chi connectivity index (χ2n) is 7.13. The van der Waals surface area contributed by atoms with E-state index < -0.39 is 0 Å². The van der Waals surface area contributed by atoms with Gasteiger partial charge in [-0.1, -0.05) is 18.2 Å². The van der Waals surface area contributed by atoms with E-state index in [2.05, 4.69) is 10.2 Å². The quantitative estimate of drug-likeness (QED) is 0.801. The predicted molar refractivity (Wildman–Crippen MR) is 110 cm³/mol. The largest absolute Gasteiger partial charge is 0.496 e. The Morgan fingerprint density at radius 2 is 1.89 bits per heavy atom. The number of anilines is 1. The van der Waals surface area contributed by atoms with Crippen molar-refractivity contribution in [2.45, 2.75) is 18.9 Å². The summed E-state index contributed by atoms with van der Waals surface area (Å²) < 4.78 is 5.47. The summed E-state index contributed by atoms with van der Waals surface area (Å²) in [6, 6.07) is 15.0. The van der Waals surface area contributed by atoms with Crippen molar-refractivity contribution in [2.24, 2.45) is 0 Å². The maximum absolute atomic E-state index is 12.6. The highest BCUT2D eigenvalue weighted by atomic mass is 16.5. The average molecular weight is 381 g/mol. The van der Waals surface area contributed by atoms with Crippen LogP contribution >= 0.6 is 0 Å². The van der Waals surface area contributed by atoms with E-state index in [0.717, 1.165) is 30.0 Å². The molecule has 2 aromatic carbocycles. The van der Waals surface area contributed by atoms with Gasteiger partial charge in [0.2, 0.25) is 5.91 Å². The van der Waals surface area contributed by atoms with Crippen LogP contribution in [0, 0.1) is 0 Å². The van der Waals surface area contributed by atoms with Gasteiger partial charge in [0.15, 0.2) is 0 Å². The number of nitrogens with zero attached hydrogens (tertiary/aromatic N) is 2. The maximum Gasteiger partial charge on any atom is 0.251 e. The summed E-state index contributed by atoms with van der Waals surface area (Å²) in [5.74, 6) is 0.805. The number of carbonyl (C=O) groups excluding carboxylic acids is 2. The SMILES string of the molecule is COc1ccccc1[C@@H](CNC(=O)c1ccc(N2CCCC2=O)cc1)N(C)C. The third-order valence-corrected chi connectivity index (χ3v) is 5.09. The Bertz CT molecular complexity index is 833. The second-order valence-corrected chi connectivity index (χ2v) is 7.13. The molecule has 148 valence electrons. The van der Waals surface area contributed by atoms with Crippen LogP contribution in [-0.2, 0) is 4.79 Å². The fraction of sp³-hybridized carbons (Fsp3) is 0.364. The summed E-state index contributed by atoms with van der Waals surface area (Å²) in [7, 11) is 5.60. The van der Waals surface area contributed by atoms with Gasteiger partial charge in [-0.15, -0.1) is 0 Å². The van der Waals surface area contributed by atoms with Gasteiger partial charge in [-0.05, 0) is 50.8 Å². The molecule has 6 nitrogen and oxygen atoms in total. The molecule has 0 unspecified atom stereocenters. The Morgan fingerprint density at radius 3 is 2.50 bits per heavy atom. The third-order valence-electron chi connectivity index (χ3n) is 5.09. The smallest absolute Gasteiger partial charge is 0.251 e. The summed E-state index contributed by atoms with van der Waals surface area (Å²) in [6.07, 6.45) is 1.48. The number of benzene rings is 2. The fourth-order valence-corrected chi connectivity index (χ4v) is 3.52. The van der Waals surface area contributed by atoms with Crippen LogP contribution in [0.4, 0.5) is 5.69 Å². The molecule has 2 aromatic rings. The number of likely N-dealkylation sites (N-methyl/N-ethyl adjacent to an activating group) is 1. The summed E-state index contributed by atoms with van der Waals surface area (Å²) in [5.41, 5.74) is 2.45. The molecule has 1 aliphatic rings. The highest BCUT2D eigenvalue weighted by Gasteiger charge is 2.22. The molecule has 0 aromatic heterocycles. The lowest BCUT2D eigenvalue weighted by molar-refractivity contribution is -0.117. The topological polar surface area (TPSA) is 61.9 Å². The van der Waals surface area contributed by atoms with Crippen molar-refractivity contribution in [1.29, 1.82) is 0 Å². The van der Waals surface area contributed by atoms with Gasteiger partial charge in [0.1, 0.15) is 5.75 Å². The van der Waals surface area contributed by atoms with E-state index in [4.69, 9.17) is 4.74 Å². The highest BCUT2D eigenvalue weighted by Crippen LogP contribution is 2.27. The molecular formula is C22H27N3O3. The molecule has 1 N–H and O–H groups in total. The molecule has 3 rings (SSSR count). The fourth-order valence-electron chi connectivity index (χ4n) is 3.52. The standard InChI is InChI=1S/C22H27N3O3/c1-24(2)19(18-7-4-5-8-20(18)28-3)15-23-22(27)16-10-12-17(13-11-16)25-14-6-9-21(25)26/h4-5,7-8,10-13,19H,6,9,14-15H2,1-3H3,(H,23,27)/t19-/m1/s1. The first-order valence-corrected chi connectivity index (χ1v) is 9.49. The van der Waals surface area contributed by atoms with E-state index in [0.29, 0.717) is 18.5 Å². The van der Waals surface area contributed by atoms with Gasteiger partial charge in [0, 0.05) is 36.3 Å². The zero-order chi connectivity index (χ0) is 20.1. The zero-order valence-corrected chi connectivity index (χ0v) is 16.6. The highest BCUT2D eigenvalue weighted by molar-refractivity contribution is 5.97. The Labute approximate surface area is 166 Å². The monoisotopic (exact) mass is 381 g/mol. The Balaban J connectivity index is 1.67. The molecule has 0 radical (unpaired) electrons. The lowest BCUT2D eigenvalue weighted by atomic mass is 10.0. The van der Waals surface area contributed by atoms with Gasteiger partial charge >= 0.3 is 0 Å². The lowest BCUT2D eigenvalue weighted by Gasteiger charge is -2.26. The third kappa shape index (κ3) is 4.34. The maximum atomic E-state index is 12.6. The van der Waals surface area contributed by atoms with Crippen molar-refractivity contribution in [3.63, 3.8) is 0 Å². The number of ether oxygens (including phenoxy) is 1. The minimum Gasteiger partial charge on any atom is -0.496 e. The van der Waals surface area contributed by atoms with Crippen molar-refractivity contribution < 1.29 is 14.3 Å². The molecule has 0 aliphatic carbocycles. The summed E-state index contributed by atoms with van der Waals surface area (Å²) in [6.45, 7) is 1.20. The van der Waals surface area contributed by atoms with E-state index in [1.54, 1.807) is 24.1 Å². The van der Waals surface area contributed by atoms with Gasteiger partial charge in [0.25, 0.3) is 5.91 Å². The van der Waals surface area contributed by atoms with Crippen molar-refractivity contribution >= 4 is 17.5 Å². The first-order valence-electron chi connectivity index (χ1n) is 9.49. The normalized spacial score (nSPS) is 15.0. The molecule has 0 spiro atoms. The van der Waals surface area contributed by atoms with E-state index in [1.807, 2.05) is 50.5 Å². The number of nitrogens with one attached hydrogen (secondary N) is 1. The summed E-state index contributed by atoms with van der Waals surface area (Å²) in [5, 5.41) is 3.01. The molecule has 0 saturated carbocycles. The molecule has 1 saturated heterocycles. The van der Waals surface area contributed by atoms with Crippen LogP contribution in [0.1, 0.15) is 34.8 Å².